The van der Waals surface area contributed by atoms with E-state index in [2.05, 4.69) is 107 Å². The predicted octanol–water partition coefficient (Wildman–Crippen LogP) is 7.66. The number of anilines is 2. The van der Waals surface area contributed by atoms with Crippen LogP contribution in [0.5, 0.6) is 0 Å². The minimum Gasteiger partial charge on any atom is -0.550 e. The van der Waals surface area contributed by atoms with E-state index in [4.69, 9.17) is 5.26 Å². The molecule has 55 heavy (non-hydrogen) atoms. The van der Waals surface area contributed by atoms with Crippen molar-refractivity contribution in [1.82, 2.24) is 10.3 Å². The molecule has 0 saturated carbocycles. The van der Waals surface area contributed by atoms with Gasteiger partial charge < -0.3 is 25.4 Å². The zero-order valence-corrected chi connectivity index (χ0v) is 33.0. The van der Waals surface area contributed by atoms with Crippen molar-refractivity contribution in [2.75, 3.05) is 36.4 Å². The van der Waals surface area contributed by atoms with E-state index in [1.807, 2.05) is 48.6 Å². The number of nitrogens with one attached hydrogen (secondary N) is 2. The van der Waals surface area contributed by atoms with Crippen molar-refractivity contribution in [3.8, 4) is 6.07 Å². The highest BCUT2D eigenvalue weighted by Crippen LogP contribution is 2.47. The Bertz CT molecular complexity index is 2220. The van der Waals surface area contributed by atoms with Gasteiger partial charge in [-0.05, 0) is 62.6 Å². The van der Waals surface area contributed by atoms with E-state index < -0.39 is 5.97 Å². The van der Waals surface area contributed by atoms with Gasteiger partial charge in [0.2, 0.25) is 11.6 Å². The van der Waals surface area contributed by atoms with Crippen LogP contribution >= 0.6 is 11.3 Å². The van der Waals surface area contributed by atoms with Gasteiger partial charge in [-0.3, -0.25) is 4.79 Å². The number of nitrogens with zero attached hydrogens (tertiary/aromatic N) is 4. The highest BCUT2D eigenvalue weighted by molar-refractivity contribution is 7.19. The first-order chi connectivity index (χ1) is 26.5. The van der Waals surface area contributed by atoms with Gasteiger partial charge in [-0.2, -0.15) is 9.84 Å². The SMILES string of the molecule is CC1(C)C(/C=C/C=C/C=C2/N(CCC(=O)NCCCCCCNc3ccc4nc(C#N)sc4c3)c3ccccc3C2(C)C)=[N+](CCC(=O)[O-])c2ccccc21. The molecule has 1 aromatic heterocycles. The predicted molar refractivity (Wildman–Crippen MR) is 221 cm³/mol. The maximum Gasteiger partial charge on any atom is 0.221 e. The second-order valence-electron chi connectivity index (χ2n) is 15.1. The number of benzene rings is 3. The molecular weight excluding hydrogens is 705 g/mol. The summed E-state index contributed by atoms with van der Waals surface area (Å²) in [6.07, 6.45) is 14.8. The van der Waals surface area contributed by atoms with Gasteiger partial charge in [0.1, 0.15) is 6.07 Å². The van der Waals surface area contributed by atoms with Crippen molar-refractivity contribution in [1.29, 1.82) is 5.26 Å². The Morgan fingerprint density at radius 1 is 0.909 bits per heavy atom. The molecule has 4 aromatic rings. The smallest absolute Gasteiger partial charge is 0.221 e. The fourth-order valence-electron chi connectivity index (χ4n) is 7.77. The minimum atomic E-state index is -1.06. The average molecular weight is 755 g/mol. The van der Waals surface area contributed by atoms with Gasteiger partial charge in [-0.25, -0.2) is 4.98 Å². The maximum absolute atomic E-state index is 13.0. The zero-order valence-electron chi connectivity index (χ0n) is 32.2. The monoisotopic (exact) mass is 754 g/mol. The maximum atomic E-state index is 13.0. The van der Waals surface area contributed by atoms with Crippen LogP contribution < -0.4 is 20.6 Å². The first-order valence-corrected chi connectivity index (χ1v) is 20.0. The van der Waals surface area contributed by atoms with Crippen LogP contribution in [-0.2, 0) is 20.4 Å². The highest BCUT2D eigenvalue weighted by atomic mass is 32.1. The number of thiazole rings is 1. The van der Waals surface area contributed by atoms with Crippen LogP contribution in [0.4, 0.5) is 17.1 Å². The number of unbranched alkanes of at least 4 members (excludes halogenated alkanes) is 3. The summed E-state index contributed by atoms with van der Waals surface area (Å²) in [5, 5.41) is 27.5. The van der Waals surface area contributed by atoms with Crippen molar-refractivity contribution >= 4 is 56.2 Å². The van der Waals surface area contributed by atoms with Gasteiger partial charge >= 0.3 is 0 Å². The molecule has 3 heterocycles. The van der Waals surface area contributed by atoms with Gasteiger partial charge in [0.25, 0.3) is 0 Å². The summed E-state index contributed by atoms with van der Waals surface area (Å²) >= 11 is 1.41. The van der Waals surface area contributed by atoms with Crippen LogP contribution in [0, 0.1) is 11.3 Å². The first-order valence-electron chi connectivity index (χ1n) is 19.2. The fraction of sp³-hybridized carbons (Fsp3) is 0.356. The lowest BCUT2D eigenvalue weighted by molar-refractivity contribution is -0.439. The van der Waals surface area contributed by atoms with Crippen LogP contribution in [0.25, 0.3) is 10.2 Å². The summed E-state index contributed by atoms with van der Waals surface area (Å²) in [7, 11) is 0. The molecule has 0 atom stereocenters. The number of aliphatic carboxylic acids is 1. The number of aromatic nitrogens is 1. The molecule has 6 rings (SSSR count). The average Bonchev–Trinajstić information content (AvgIpc) is 3.76. The Hall–Kier alpha value is -5.53. The number of para-hydroxylation sites is 2. The van der Waals surface area contributed by atoms with Crippen LogP contribution in [0.3, 0.4) is 0 Å². The summed E-state index contributed by atoms with van der Waals surface area (Å²) in [6.45, 7) is 11.3. The fourth-order valence-corrected chi connectivity index (χ4v) is 8.57. The van der Waals surface area contributed by atoms with Crippen LogP contribution in [0.2, 0.25) is 0 Å². The van der Waals surface area contributed by atoms with E-state index in [0.29, 0.717) is 31.1 Å². The number of carbonyl (C=O) groups is 2. The van der Waals surface area contributed by atoms with Gasteiger partial charge in [0.05, 0.1) is 15.6 Å². The Morgan fingerprint density at radius 3 is 2.44 bits per heavy atom. The van der Waals surface area contributed by atoms with Gasteiger partial charge in [-0.1, -0.05) is 81.3 Å². The second-order valence-corrected chi connectivity index (χ2v) is 16.2. The molecule has 0 aliphatic carbocycles. The molecule has 0 bridgehead atoms. The standard InChI is InChI=1S/C45H50N6O3S/c1-44(2)33-16-10-12-18-36(33)50(28-24-41(52)48-27-15-6-5-14-26-47-32-22-23-35-38(30-32)55-42(31-46)49-35)39(44)20-8-7-9-21-40-45(3,4)34-17-11-13-19-37(34)51(40)29-25-43(53)54/h7-13,16-23,30,47H,5-6,14-15,24-29H2,1-4H3,(H-,48,52,53,54). The molecule has 2 aliphatic rings. The van der Waals surface area contributed by atoms with Crippen molar-refractivity contribution in [2.24, 2.45) is 0 Å². The van der Waals surface area contributed by atoms with E-state index in [1.54, 1.807) is 0 Å². The largest absolute Gasteiger partial charge is 0.550 e. The molecule has 2 N–H and O–H groups in total. The zero-order chi connectivity index (χ0) is 39.0. The third-order valence-corrected chi connectivity index (χ3v) is 11.6. The van der Waals surface area contributed by atoms with E-state index in [0.717, 1.165) is 70.9 Å². The first kappa shape index (κ1) is 39.2. The Labute approximate surface area is 328 Å². The Kier molecular flexibility index (Phi) is 12.3. The van der Waals surface area contributed by atoms with Crippen LogP contribution in [0.15, 0.2) is 103 Å². The molecule has 10 heteroatoms. The quantitative estimate of drug-likeness (QED) is 0.0645. The number of carboxylic acid groups (broad SMARTS) is 1. The molecule has 284 valence electrons. The molecule has 0 spiro atoms. The van der Waals surface area contributed by atoms with Crippen molar-refractivity contribution in [2.45, 2.75) is 77.0 Å². The molecule has 0 fully saturated rings. The van der Waals surface area contributed by atoms with Crippen LogP contribution in [-0.4, -0.2) is 53.3 Å². The van der Waals surface area contributed by atoms with Gasteiger partial charge in [-0.15, -0.1) is 11.3 Å². The minimum absolute atomic E-state index is 0.0494. The number of carboxylic acids is 1. The molecule has 0 saturated heterocycles. The number of fused-ring (bicyclic) bond motifs is 3. The van der Waals surface area contributed by atoms with E-state index in [-0.39, 0.29) is 23.2 Å². The van der Waals surface area contributed by atoms with Crippen molar-refractivity contribution in [3.05, 3.63) is 119 Å². The van der Waals surface area contributed by atoms with Crippen molar-refractivity contribution in [3.63, 3.8) is 0 Å². The lowest BCUT2D eigenvalue weighted by Crippen LogP contribution is -2.32. The number of rotatable bonds is 17. The lowest BCUT2D eigenvalue weighted by atomic mass is 9.81. The van der Waals surface area contributed by atoms with Crippen LogP contribution in [0.1, 0.15) is 82.4 Å². The molecular formula is C45H50N6O3S. The van der Waals surface area contributed by atoms with Gasteiger partial charge in [0, 0.05) is 78.6 Å². The Morgan fingerprint density at radius 2 is 1.65 bits per heavy atom. The molecule has 3 aromatic carbocycles. The number of carbonyl (C=O) groups excluding carboxylic acids is 2. The summed E-state index contributed by atoms with van der Waals surface area (Å²) in [5.74, 6) is -1.00. The summed E-state index contributed by atoms with van der Waals surface area (Å²) in [4.78, 5) is 30.9. The molecule has 2 aliphatic heterocycles. The molecule has 9 nitrogen and oxygen atoms in total. The van der Waals surface area contributed by atoms with Gasteiger partial charge in [0.15, 0.2) is 17.3 Å². The summed E-state index contributed by atoms with van der Waals surface area (Å²) in [6, 6.07) is 24.7. The third-order valence-electron chi connectivity index (χ3n) is 10.7. The van der Waals surface area contributed by atoms with E-state index >= 15 is 0 Å². The van der Waals surface area contributed by atoms with E-state index in [1.165, 1.54) is 22.5 Å². The third kappa shape index (κ3) is 8.90. The normalized spacial score (nSPS) is 16.3. The highest BCUT2D eigenvalue weighted by Gasteiger charge is 2.44. The molecule has 0 radical (unpaired) electrons. The number of nitriles is 1. The lowest BCUT2D eigenvalue weighted by Gasteiger charge is -2.27. The number of hydrogen-bond acceptors (Lipinski definition) is 8. The molecule has 1 amide bonds. The second kappa shape index (κ2) is 17.3. The van der Waals surface area contributed by atoms with E-state index in [9.17, 15) is 14.7 Å². The molecule has 0 unspecified atom stereocenters. The number of hydrogen-bond donors (Lipinski definition) is 2. The Balaban J connectivity index is 1.00. The number of allylic oxidation sites excluding steroid dienone is 6. The summed E-state index contributed by atoms with van der Waals surface area (Å²) in [5.41, 5.74) is 8.14. The number of amides is 1. The topological polar surface area (TPSA) is 124 Å². The summed E-state index contributed by atoms with van der Waals surface area (Å²) < 4.78 is 3.11. The van der Waals surface area contributed by atoms with Crippen molar-refractivity contribution < 1.29 is 19.3 Å².